The van der Waals surface area contributed by atoms with Crippen LogP contribution in [0.4, 0.5) is 5.82 Å². The summed E-state index contributed by atoms with van der Waals surface area (Å²) in [5.74, 6) is 0.239. The molecule has 102 valence electrons. The van der Waals surface area contributed by atoms with Crippen LogP contribution in [-0.4, -0.2) is 25.8 Å². The zero-order valence-corrected chi connectivity index (χ0v) is 12.5. The molecule has 0 spiro atoms. The van der Waals surface area contributed by atoms with Gasteiger partial charge in [0.25, 0.3) is 0 Å². The topological polar surface area (TPSA) is 89.6 Å². The first-order valence-electron chi connectivity index (χ1n) is 6.14. The van der Waals surface area contributed by atoms with Gasteiger partial charge in [-0.15, -0.1) is 0 Å². The third-order valence-electron chi connectivity index (χ3n) is 2.99. The number of H-pyrrole nitrogens is 1. The normalized spacial score (nSPS) is 10.9. The van der Waals surface area contributed by atoms with E-state index < -0.39 is 0 Å². The van der Waals surface area contributed by atoms with E-state index in [2.05, 4.69) is 31.2 Å². The number of hydrogen-bond donors (Lipinski definition) is 2. The molecule has 0 aromatic carbocycles. The number of aryl methyl sites for hydroxylation is 2. The third kappa shape index (κ3) is 2.56. The summed E-state index contributed by atoms with van der Waals surface area (Å²) in [6.45, 7) is 4.76. The Morgan fingerprint density at radius 3 is 2.79 bits per heavy atom. The molecule has 0 saturated heterocycles. The molecular formula is C12H16BrN5O. The van der Waals surface area contributed by atoms with E-state index in [-0.39, 0.29) is 12.2 Å². The number of carbonyl (C=O) groups excluding carboxylic acids is 1. The Balaban J connectivity index is 2.31. The summed E-state index contributed by atoms with van der Waals surface area (Å²) in [5, 5.41) is 10.8. The molecule has 0 aliphatic rings. The molecule has 0 aliphatic carbocycles. The fraction of sp³-hybridized carbons (Fsp3) is 0.417. The maximum atomic E-state index is 12.2. The van der Waals surface area contributed by atoms with Gasteiger partial charge in [-0.2, -0.15) is 10.2 Å². The number of rotatable bonds is 5. The van der Waals surface area contributed by atoms with Gasteiger partial charge in [-0.05, 0) is 29.3 Å². The minimum absolute atomic E-state index is 0.0656. The fourth-order valence-corrected chi connectivity index (χ4v) is 2.66. The number of carbonyl (C=O) groups is 1. The fourth-order valence-electron chi connectivity index (χ4n) is 1.95. The molecule has 2 aromatic rings. The van der Waals surface area contributed by atoms with Crippen molar-refractivity contribution in [3.05, 3.63) is 27.6 Å². The molecule has 0 fully saturated rings. The minimum atomic E-state index is -0.0656. The first-order valence-corrected chi connectivity index (χ1v) is 6.93. The molecule has 0 radical (unpaired) electrons. The molecule has 6 nitrogen and oxygen atoms in total. The van der Waals surface area contributed by atoms with Crippen LogP contribution in [-0.2, 0) is 19.4 Å². The van der Waals surface area contributed by atoms with E-state index in [1.54, 1.807) is 0 Å². The molecule has 0 aliphatic heterocycles. The summed E-state index contributed by atoms with van der Waals surface area (Å²) in [6.07, 6.45) is 2.53. The van der Waals surface area contributed by atoms with Gasteiger partial charge in [0.15, 0.2) is 5.78 Å². The Morgan fingerprint density at radius 1 is 1.53 bits per heavy atom. The summed E-state index contributed by atoms with van der Waals surface area (Å²) in [7, 11) is 0. The SMILES string of the molecule is CCc1nn(CC)c(CC(=O)c2cn[nH]c2N)c1Br. The van der Waals surface area contributed by atoms with E-state index in [0.717, 1.165) is 28.8 Å². The summed E-state index contributed by atoms with van der Waals surface area (Å²) in [4.78, 5) is 12.2. The Kier molecular flexibility index (Phi) is 4.04. The van der Waals surface area contributed by atoms with Crippen molar-refractivity contribution in [3.63, 3.8) is 0 Å². The first-order chi connectivity index (χ1) is 9.08. The molecule has 2 rings (SSSR count). The smallest absolute Gasteiger partial charge is 0.174 e. The molecule has 2 aromatic heterocycles. The highest BCUT2D eigenvalue weighted by Crippen LogP contribution is 2.24. The van der Waals surface area contributed by atoms with Crippen LogP contribution < -0.4 is 5.73 Å². The number of Topliss-reactive ketones (excluding diaryl/α,β-unsaturated/α-hetero) is 1. The predicted octanol–water partition coefficient (Wildman–Crippen LogP) is 1.96. The average molecular weight is 326 g/mol. The maximum Gasteiger partial charge on any atom is 0.174 e. The number of nitrogens with zero attached hydrogens (tertiary/aromatic N) is 3. The molecule has 0 amide bonds. The van der Waals surface area contributed by atoms with E-state index in [0.29, 0.717) is 11.4 Å². The Labute approximate surface area is 119 Å². The quantitative estimate of drug-likeness (QED) is 0.822. The van der Waals surface area contributed by atoms with Crippen LogP contribution in [0.3, 0.4) is 0 Å². The monoisotopic (exact) mass is 325 g/mol. The zero-order valence-electron chi connectivity index (χ0n) is 10.9. The van der Waals surface area contributed by atoms with E-state index in [1.165, 1.54) is 6.20 Å². The van der Waals surface area contributed by atoms with Crippen LogP contribution in [0.1, 0.15) is 35.6 Å². The second-order valence-electron chi connectivity index (χ2n) is 4.17. The van der Waals surface area contributed by atoms with Crippen molar-refractivity contribution in [2.45, 2.75) is 33.2 Å². The average Bonchev–Trinajstić information content (AvgIpc) is 2.95. The van der Waals surface area contributed by atoms with Crippen LogP contribution in [0.15, 0.2) is 10.7 Å². The van der Waals surface area contributed by atoms with Crippen LogP contribution in [0.5, 0.6) is 0 Å². The zero-order chi connectivity index (χ0) is 14.0. The number of anilines is 1. The number of aromatic nitrogens is 4. The molecule has 0 atom stereocenters. The molecule has 2 heterocycles. The molecule has 3 N–H and O–H groups in total. The van der Waals surface area contributed by atoms with Crippen molar-refractivity contribution < 1.29 is 4.79 Å². The molecule has 19 heavy (non-hydrogen) atoms. The van der Waals surface area contributed by atoms with Gasteiger partial charge in [0.05, 0.1) is 34.0 Å². The van der Waals surface area contributed by atoms with Gasteiger partial charge in [-0.1, -0.05) is 6.92 Å². The van der Waals surface area contributed by atoms with Crippen LogP contribution in [0.2, 0.25) is 0 Å². The Morgan fingerprint density at radius 2 is 2.26 bits per heavy atom. The minimum Gasteiger partial charge on any atom is -0.383 e. The van der Waals surface area contributed by atoms with Gasteiger partial charge >= 0.3 is 0 Å². The largest absolute Gasteiger partial charge is 0.383 e. The van der Waals surface area contributed by atoms with Gasteiger partial charge in [0.2, 0.25) is 0 Å². The lowest BCUT2D eigenvalue weighted by Crippen LogP contribution is -2.11. The van der Waals surface area contributed by atoms with Gasteiger partial charge in [0.1, 0.15) is 5.82 Å². The molecule has 7 heteroatoms. The van der Waals surface area contributed by atoms with E-state index in [9.17, 15) is 4.79 Å². The number of halogens is 1. The van der Waals surface area contributed by atoms with E-state index in [1.807, 2.05) is 18.5 Å². The van der Waals surface area contributed by atoms with Crippen molar-refractivity contribution in [1.82, 2.24) is 20.0 Å². The van der Waals surface area contributed by atoms with E-state index >= 15 is 0 Å². The van der Waals surface area contributed by atoms with E-state index in [4.69, 9.17) is 5.73 Å². The van der Waals surface area contributed by atoms with Crippen molar-refractivity contribution in [3.8, 4) is 0 Å². The molecular weight excluding hydrogens is 310 g/mol. The van der Waals surface area contributed by atoms with Crippen LogP contribution >= 0.6 is 15.9 Å². The van der Waals surface area contributed by atoms with Crippen molar-refractivity contribution in [1.29, 1.82) is 0 Å². The maximum absolute atomic E-state index is 12.2. The second kappa shape index (κ2) is 5.56. The number of nitrogens with one attached hydrogen (secondary N) is 1. The number of nitrogen functional groups attached to an aromatic ring is 1. The van der Waals surface area contributed by atoms with Crippen LogP contribution in [0.25, 0.3) is 0 Å². The summed E-state index contributed by atoms with van der Waals surface area (Å²) in [5.41, 5.74) is 7.93. The lowest BCUT2D eigenvalue weighted by Gasteiger charge is -2.04. The Bertz CT molecular complexity index is 601. The summed E-state index contributed by atoms with van der Waals surface area (Å²) < 4.78 is 2.75. The van der Waals surface area contributed by atoms with Crippen molar-refractivity contribution in [2.75, 3.05) is 5.73 Å². The van der Waals surface area contributed by atoms with Crippen molar-refractivity contribution >= 4 is 27.5 Å². The highest BCUT2D eigenvalue weighted by atomic mass is 79.9. The summed E-state index contributed by atoms with van der Waals surface area (Å²) in [6, 6.07) is 0. The summed E-state index contributed by atoms with van der Waals surface area (Å²) >= 11 is 3.52. The van der Waals surface area contributed by atoms with Gasteiger partial charge in [0, 0.05) is 6.54 Å². The highest BCUT2D eigenvalue weighted by molar-refractivity contribution is 9.10. The molecule has 0 unspecified atom stereocenters. The molecule has 0 bridgehead atoms. The third-order valence-corrected chi connectivity index (χ3v) is 3.91. The molecule has 0 saturated carbocycles. The second-order valence-corrected chi connectivity index (χ2v) is 4.97. The van der Waals surface area contributed by atoms with Gasteiger partial charge in [-0.3, -0.25) is 14.6 Å². The first kappa shape index (κ1) is 13.8. The predicted molar refractivity (Wildman–Crippen MR) is 76.0 cm³/mol. The van der Waals surface area contributed by atoms with Gasteiger partial charge < -0.3 is 5.73 Å². The number of aromatic amines is 1. The Hall–Kier alpha value is -1.63. The highest BCUT2D eigenvalue weighted by Gasteiger charge is 2.19. The number of ketones is 1. The number of hydrogen-bond acceptors (Lipinski definition) is 4. The van der Waals surface area contributed by atoms with Crippen LogP contribution in [0, 0.1) is 0 Å². The lowest BCUT2D eigenvalue weighted by atomic mass is 10.1. The lowest BCUT2D eigenvalue weighted by molar-refractivity contribution is 0.0991. The van der Waals surface area contributed by atoms with Crippen molar-refractivity contribution in [2.24, 2.45) is 0 Å². The van der Waals surface area contributed by atoms with Gasteiger partial charge in [-0.25, -0.2) is 0 Å². The number of nitrogens with two attached hydrogens (primary N) is 1. The standard InChI is InChI=1S/C12H16BrN5O/c1-3-8-11(13)9(18(4-2)17-8)5-10(19)7-6-15-16-12(7)14/h6H,3-5H2,1-2H3,(H3,14,15,16).